The van der Waals surface area contributed by atoms with Crippen LogP contribution in [0.5, 0.6) is 0 Å². The fourth-order valence-electron chi connectivity index (χ4n) is 4.19. The monoisotopic (exact) mass is 408 g/mol. The van der Waals surface area contributed by atoms with Crippen LogP contribution in [-0.4, -0.2) is 40.0 Å². The van der Waals surface area contributed by atoms with E-state index >= 15 is 0 Å². The number of amides is 2. The average Bonchev–Trinajstić information content (AvgIpc) is 3.40. The molecule has 3 heterocycles. The third kappa shape index (κ3) is 3.70. The maximum Gasteiger partial charge on any atom is 0.257 e. The molecule has 3 aromatic rings. The topological polar surface area (TPSA) is 92.1 Å². The van der Waals surface area contributed by atoms with Crippen LogP contribution in [0.15, 0.2) is 48.0 Å². The van der Waals surface area contributed by atoms with E-state index in [9.17, 15) is 9.59 Å². The van der Waals surface area contributed by atoms with Crippen molar-refractivity contribution in [2.75, 3.05) is 13.1 Å². The number of nitrogens with two attached hydrogens (primary N) is 1. The Morgan fingerprint density at radius 3 is 2.79 bits per heavy atom. The van der Waals surface area contributed by atoms with Crippen LogP contribution in [0.1, 0.15) is 34.5 Å². The van der Waals surface area contributed by atoms with Crippen LogP contribution in [0.2, 0.25) is 0 Å². The molecular formula is C22H24N4O2S. The van der Waals surface area contributed by atoms with Crippen LogP contribution in [0.25, 0.3) is 10.4 Å². The minimum absolute atomic E-state index is 0.104. The highest BCUT2D eigenvalue weighted by atomic mass is 32.1. The molecule has 0 aliphatic carbocycles. The lowest BCUT2D eigenvalue weighted by atomic mass is 9.73. The molecule has 1 aliphatic rings. The Morgan fingerprint density at radius 1 is 1.28 bits per heavy atom. The second kappa shape index (κ2) is 7.83. The number of rotatable bonds is 5. The van der Waals surface area contributed by atoms with Crippen molar-refractivity contribution in [3.8, 4) is 10.4 Å². The van der Waals surface area contributed by atoms with Gasteiger partial charge in [-0.2, -0.15) is 5.10 Å². The van der Waals surface area contributed by atoms with Crippen LogP contribution in [0.3, 0.4) is 0 Å². The second-order valence-electron chi connectivity index (χ2n) is 7.69. The number of nitrogens with zero attached hydrogens (tertiary/aromatic N) is 2. The minimum atomic E-state index is -0.779. The van der Waals surface area contributed by atoms with Crippen LogP contribution in [0.4, 0.5) is 0 Å². The van der Waals surface area contributed by atoms with Gasteiger partial charge in [0.15, 0.2) is 0 Å². The number of carbonyl (C=O) groups is 2. The van der Waals surface area contributed by atoms with Crippen molar-refractivity contribution in [1.82, 2.24) is 15.1 Å². The maximum absolute atomic E-state index is 13.0. The number of hydrogen-bond donors (Lipinski definition) is 2. The number of hydrogen-bond acceptors (Lipinski definition) is 4. The van der Waals surface area contributed by atoms with Gasteiger partial charge in [-0.25, -0.2) is 0 Å². The molecule has 0 saturated carbocycles. The molecule has 1 atom stereocenters. The molecular weight excluding hydrogens is 384 g/mol. The Hall–Kier alpha value is -2.93. The normalized spacial score (nSPS) is 19.3. The summed E-state index contributed by atoms with van der Waals surface area (Å²) in [5.41, 5.74) is 8.64. The molecule has 3 N–H and O–H groups in total. The summed E-state index contributed by atoms with van der Waals surface area (Å²) in [4.78, 5) is 28.6. The van der Waals surface area contributed by atoms with Crippen molar-refractivity contribution < 1.29 is 9.59 Å². The molecule has 0 unspecified atom stereocenters. The summed E-state index contributed by atoms with van der Waals surface area (Å²) in [5, 5.41) is 8.81. The van der Waals surface area contributed by atoms with E-state index in [0.29, 0.717) is 31.5 Å². The molecule has 29 heavy (non-hydrogen) atoms. The van der Waals surface area contributed by atoms with E-state index in [1.54, 1.807) is 22.4 Å². The van der Waals surface area contributed by atoms with Crippen LogP contribution < -0.4 is 5.73 Å². The summed E-state index contributed by atoms with van der Waals surface area (Å²) in [6.07, 6.45) is 3.48. The zero-order valence-electron chi connectivity index (χ0n) is 16.4. The number of carbonyl (C=O) groups excluding carboxylic acids is 2. The van der Waals surface area contributed by atoms with E-state index < -0.39 is 5.41 Å². The zero-order valence-corrected chi connectivity index (χ0v) is 17.2. The highest BCUT2D eigenvalue weighted by molar-refractivity contribution is 7.13. The quantitative estimate of drug-likeness (QED) is 0.678. The summed E-state index contributed by atoms with van der Waals surface area (Å²) < 4.78 is 0. The number of nitrogens with one attached hydrogen (secondary N) is 1. The van der Waals surface area contributed by atoms with Gasteiger partial charge in [-0.3, -0.25) is 14.7 Å². The zero-order chi connectivity index (χ0) is 20.4. The van der Waals surface area contributed by atoms with E-state index in [1.807, 2.05) is 30.5 Å². The first kappa shape index (κ1) is 19.4. The number of thiophene rings is 1. The number of benzene rings is 1. The number of H-pyrrole nitrogens is 1. The molecule has 150 valence electrons. The summed E-state index contributed by atoms with van der Waals surface area (Å²) >= 11 is 1.67. The van der Waals surface area contributed by atoms with Gasteiger partial charge in [0, 0.05) is 23.7 Å². The first-order valence-corrected chi connectivity index (χ1v) is 10.6. The van der Waals surface area contributed by atoms with Gasteiger partial charge in [0.05, 0.1) is 17.2 Å². The average molecular weight is 409 g/mol. The number of primary amides is 1. The number of aromatic amines is 1. The SMILES string of the molecule is Cc1[nH]ncc1C(=O)N1CCC[C@@](Cc2ccccc2-c2cccs2)(C(N)=O)C1. The highest BCUT2D eigenvalue weighted by Gasteiger charge is 2.43. The Kier molecular flexibility index (Phi) is 5.24. The summed E-state index contributed by atoms with van der Waals surface area (Å²) in [6.45, 7) is 2.76. The lowest BCUT2D eigenvalue weighted by Crippen LogP contribution is -2.53. The Bertz CT molecular complexity index is 1030. The van der Waals surface area contributed by atoms with Gasteiger partial charge in [-0.15, -0.1) is 11.3 Å². The Labute approximate surface area is 173 Å². The largest absolute Gasteiger partial charge is 0.369 e. The highest BCUT2D eigenvalue weighted by Crippen LogP contribution is 2.38. The van der Waals surface area contributed by atoms with Crippen LogP contribution in [0, 0.1) is 12.3 Å². The predicted octanol–water partition coefficient (Wildman–Crippen LogP) is 3.40. The van der Waals surface area contributed by atoms with E-state index in [-0.39, 0.29) is 11.8 Å². The Morgan fingerprint density at radius 2 is 2.10 bits per heavy atom. The fraction of sp³-hybridized carbons (Fsp3) is 0.318. The summed E-state index contributed by atoms with van der Waals surface area (Å²) in [6, 6.07) is 12.2. The maximum atomic E-state index is 13.0. The molecule has 1 aromatic carbocycles. The predicted molar refractivity (Wildman–Crippen MR) is 114 cm³/mol. The van der Waals surface area contributed by atoms with E-state index in [4.69, 9.17) is 5.73 Å². The molecule has 0 radical (unpaired) electrons. The molecule has 0 bridgehead atoms. The molecule has 4 rings (SSSR count). The van der Waals surface area contributed by atoms with Gasteiger partial charge in [-0.1, -0.05) is 30.3 Å². The minimum Gasteiger partial charge on any atom is -0.369 e. The number of piperidine rings is 1. The lowest BCUT2D eigenvalue weighted by molar-refractivity contribution is -0.130. The van der Waals surface area contributed by atoms with Crippen molar-refractivity contribution in [3.63, 3.8) is 0 Å². The summed E-state index contributed by atoms with van der Waals surface area (Å²) in [5.74, 6) is -0.451. The number of aromatic nitrogens is 2. The number of aryl methyl sites for hydroxylation is 1. The Balaban J connectivity index is 1.65. The molecule has 1 aliphatic heterocycles. The van der Waals surface area contributed by atoms with Crippen molar-refractivity contribution in [2.24, 2.45) is 11.1 Å². The van der Waals surface area contributed by atoms with Gasteiger partial charge < -0.3 is 10.6 Å². The molecule has 1 saturated heterocycles. The lowest BCUT2D eigenvalue weighted by Gasteiger charge is -2.41. The second-order valence-corrected chi connectivity index (χ2v) is 8.64. The molecule has 2 aromatic heterocycles. The summed E-state index contributed by atoms with van der Waals surface area (Å²) in [7, 11) is 0. The third-order valence-corrected chi connectivity index (χ3v) is 6.68. The standard InChI is InChI=1S/C22H24N4O2S/c1-15-18(13-24-25-15)20(27)26-10-5-9-22(14-26,21(23)28)12-16-6-2-3-7-17(16)19-8-4-11-29-19/h2-4,6-8,11,13H,5,9-10,12,14H2,1H3,(H2,23,28)(H,24,25)/t22-/m0/s1. The first-order valence-electron chi connectivity index (χ1n) is 9.71. The van der Waals surface area contributed by atoms with Crippen molar-refractivity contribution in [2.45, 2.75) is 26.2 Å². The third-order valence-electron chi connectivity index (χ3n) is 5.78. The van der Waals surface area contributed by atoms with Gasteiger partial charge in [-0.05, 0) is 48.8 Å². The first-order chi connectivity index (χ1) is 14.0. The van der Waals surface area contributed by atoms with E-state index in [2.05, 4.69) is 28.4 Å². The van der Waals surface area contributed by atoms with Gasteiger partial charge in [0.2, 0.25) is 5.91 Å². The van der Waals surface area contributed by atoms with Crippen molar-refractivity contribution in [3.05, 3.63) is 64.8 Å². The van der Waals surface area contributed by atoms with Gasteiger partial charge >= 0.3 is 0 Å². The van der Waals surface area contributed by atoms with Crippen LogP contribution in [-0.2, 0) is 11.2 Å². The smallest absolute Gasteiger partial charge is 0.257 e. The van der Waals surface area contributed by atoms with E-state index in [1.165, 1.54) is 0 Å². The molecule has 6 nitrogen and oxygen atoms in total. The van der Waals surface area contributed by atoms with Crippen molar-refractivity contribution in [1.29, 1.82) is 0 Å². The van der Waals surface area contributed by atoms with Gasteiger partial charge in [0.25, 0.3) is 5.91 Å². The molecule has 2 amide bonds. The van der Waals surface area contributed by atoms with Crippen LogP contribution >= 0.6 is 11.3 Å². The fourth-order valence-corrected chi connectivity index (χ4v) is 4.97. The molecule has 0 spiro atoms. The molecule has 7 heteroatoms. The van der Waals surface area contributed by atoms with Gasteiger partial charge in [0.1, 0.15) is 0 Å². The molecule has 1 fully saturated rings. The number of likely N-dealkylation sites (tertiary alicyclic amines) is 1. The van der Waals surface area contributed by atoms with E-state index in [0.717, 1.165) is 28.1 Å². The van der Waals surface area contributed by atoms with Crippen molar-refractivity contribution >= 4 is 23.2 Å².